The Morgan fingerprint density at radius 1 is 1.59 bits per heavy atom. The Labute approximate surface area is 99.7 Å². The third kappa shape index (κ3) is 2.31. The molecule has 0 heterocycles. The summed E-state index contributed by atoms with van der Waals surface area (Å²) in [5, 5.41) is 11.5. The van der Waals surface area contributed by atoms with Crippen molar-refractivity contribution in [3.63, 3.8) is 0 Å². The van der Waals surface area contributed by atoms with E-state index in [1.807, 2.05) is 13.0 Å². The number of rotatable bonds is 2. The summed E-state index contributed by atoms with van der Waals surface area (Å²) in [5.41, 5.74) is 1.53. The van der Waals surface area contributed by atoms with Gasteiger partial charge in [0, 0.05) is 0 Å². The number of nitrogens with one attached hydrogen (secondary N) is 1. The number of aliphatic hydroxyl groups excluding tert-OH is 1. The van der Waals surface area contributed by atoms with E-state index >= 15 is 0 Å². The zero-order chi connectivity index (χ0) is 12.4. The minimum Gasteiger partial charge on any atom is -0.387 e. The van der Waals surface area contributed by atoms with E-state index < -0.39 is 12.5 Å². The van der Waals surface area contributed by atoms with Gasteiger partial charge in [-0.25, -0.2) is 4.39 Å². The molecule has 2 N–H and O–H groups in total. The van der Waals surface area contributed by atoms with E-state index in [-0.39, 0.29) is 17.8 Å². The number of aliphatic hydroxyl groups is 1. The average molecular weight is 237 g/mol. The molecule has 0 spiro atoms. The molecule has 1 amide bonds. The summed E-state index contributed by atoms with van der Waals surface area (Å²) in [6.45, 7) is 1.49. The van der Waals surface area contributed by atoms with Crippen LogP contribution in [0.25, 0.3) is 0 Å². The van der Waals surface area contributed by atoms with Crippen LogP contribution in [0.1, 0.15) is 30.5 Å². The fraction of sp³-hybridized carbons (Fsp3) is 0.462. The molecule has 4 heteroatoms. The predicted molar refractivity (Wildman–Crippen MR) is 61.9 cm³/mol. The molecule has 1 aromatic carbocycles. The van der Waals surface area contributed by atoms with Crippen molar-refractivity contribution >= 4 is 5.91 Å². The highest BCUT2D eigenvalue weighted by Crippen LogP contribution is 2.35. The first kappa shape index (κ1) is 12.0. The summed E-state index contributed by atoms with van der Waals surface area (Å²) in [6.07, 6.45) is 1.54. The lowest BCUT2D eigenvalue weighted by Crippen LogP contribution is -2.37. The average Bonchev–Trinajstić information content (AvgIpc) is 2.33. The maximum atomic E-state index is 13.6. The van der Waals surface area contributed by atoms with Crippen molar-refractivity contribution in [3.05, 3.63) is 35.1 Å². The zero-order valence-corrected chi connectivity index (χ0v) is 9.74. The van der Waals surface area contributed by atoms with Crippen LogP contribution in [0.5, 0.6) is 0 Å². The van der Waals surface area contributed by atoms with Gasteiger partial charge >= 0.3 is 0 Å². The lowest BCUT2D eigenvalue weighted by Gasteiger charge is -2.32. The van der Waals surface area contributed by atoms with E-state index in [2.05, 4.69) is 5.32 Å². The highest BCUT2D eigenvalue weighted by Gasteiger charge is 2.29. The molecule has 0 fully saturated rings. The van der Waals surface area contributed by atoms with Crippen LogP contribution < -0.4 is 5.32 Å². The molecule has 0 radical (unpaired) electrons. The van der Waals surface area contributed by atoms with Gasteiger partial charge in [0.05, 0.1) is 6.04 Å². The summed E-state index contributed by atoms with van der Waals surface area (Å²) in [6, 6.07) is 4.74. The van der Waals surface area contributed by atoms with E-state index in [4.69, 9.17) is 5.11 Å². The maximum absolute atomic E-state index is 13.6. The normalized spacial score (nSPS) is 23.0. The van der Waals surface area contributed by atoms with Gasteiger partial charge in [-0.15, -0.1) is 0 Å². The number of fused-ring (bicyclic) bond motifs is 1. The monoisotopic (exact) mass is 237 g/mol. The molecule has 0 bridgehead atoms. The van der Waals surface area contributed by atoms with Gasteiger partial charge in [0.2, 0.25) is 5.91 Å². The minimum absolute atomic E-state index is 0.200. The molecule has 1 aliphatic carbocycles. The molecule has 0 aromatic heterocycles. The molecule has 2 unspecified atom stereocenters. The maximum Gasteiger partial charge on any atom is 0.246 e. The van der Waals surface area contributed by atoms with E-state index in [1.54, 1.807) is 6.07 Å². The van der Waals surface area contributed by atoms with Crippen LogP contribution in [0.3, 0.4) is 0 Å². The van der Waals surface area contributed by atoms with Crippen molar-refractivity contribution in [2.45, 2.75) is 25.8 Å². The van der Waals surface area contributed by atoms with E-state index in [1.165, 1.54) is 6.07 Å². The Balaban J connectivity index is 2.33. The highest BCUT2D eigenvalue weighted by atomic mass is 19.1. The van der Waals surface area contributed by atoms with Crippen LogP contribution in [0.4, 0.5) is 4.39 Å². The summed E-state index contributed by atoms with van der Waals surface area (Å²) in [5.74, 6) is -0.378. The van der Waals surface area contributed by atoms with Gasteiger partial charge in [-0.1, -0.05) is 19.1 Å². The van der Waals surface area contributed by atoms with Crippen molar-refractivity contribution in [2.75, 3.05) is 6.61 Å². The molecule has 0 saturated carbocycles. The topological polar surface area (TPSA) is 49.3 Å². The van der Waals surface area contributed by atoms with Crippen LogP contribution in [-0.2, 0) is 11.2 Å². The second-order valence-electron chi connectivity index (χ2n) is 4.53. The Bertz CT molecular complexity index is 433. The number of hydrogen-bond acceptors (Lipinski definition) is 2. The molecule has 1 aromatic rings. The summed E-state index contributed by atoms with van der Waals surface area (Å²) in [4.78, 5) is 11.3. The smallest absolute Gasteiger partial charge is 0.246 e. The van der Waals surface area contributed by atoms with Crippen molar-refractivity contribution in [3.8, 4) is 0 Å². The first-order valence-corrected chi connectivity index (χ1v) is 5.81. The third-order valence-corrected chi connectivity index (χ3v) is 3.37. The summed E-state index contributed by atoms with van der Waals surface area (Å²) >= 11 is 0. The second kappa shape index (κ2) is 4.84. The van der Waals surface area contributed by atoms with Crippen LogP contribution in [-0.4, -0.2) is 17.6 Å². The molecule has 92 valence electrons. The fourth-order valence-electron chi connectivity index (χ4n) is 2.41. The van der Waals surface area contributed by atoms with Crippen LogP contribution in [0, 0.1) is 11.7 Å². The quantitative estimate of drug-likeness (QED) is 0.820. The number of carbonyl (C=O) groups excluding carboxylic acids is 1. The lowest BCUT2D eigenvalue weighted by atomic mass is 9.80. The molecular formula is C13H16FNO2. The van der Waals surface area contributed by atoms with E-state index in [0.29, 0.717) is 12.0 Å². The van der Waals surface area contributed by atoms with Crippen molar-refractivity contribution in [2.24, 2.45) is 5.92 Å². The van der Waals surface area contributed by atoms with E-state index in [9.17, 15) is 9.18 Å². The Morgan fingerprint density at radius 3 is 3.06 bits per heavy atom. The zero-order valence-electron chi connectivity index (χ0n) is 9.74. The summed E-state index contributed by atoms with van der Waals surface area (Å²) in [7, 11) is 0. The fourth-order valence-corrected chi connectivity index (χ4v) is 2.41. The summed E-state index contributed by atoms with van der Waals surface area (Å²) < 4.78 is 13.6. The number of amides is 1. The van der Waals surface area contributed by atoms with Gasteiger partial charge < -0.3 is 10.4 Å². The number of benzene rings is 1. The van der Waals surface area contributed by atoms with Crippen molar-refractivity contribution in [1.29, 1.82) is 0 Å². The van der Waals surface area contributed by atoms with Gasteiger partial charge in [-0.3, -0.25) is 4.79 Å². The largest absolute Gasteiger partial charge is 0.387 e. The standard InChI is InChI=1S/C13H16FNO2/c1-8-5-6-9-10(3-2-4-11(9)14)13(8)15-12(17)7-16/h2-4,8,13,16H,5-7H2,1H3,(H,15,17). The molecule has 0 saturated heterocycles. The van der Waals surface area contributed by atoms with Crippen LogP contribution >= 0.6 is 0 Å². The Kier molecular flexibility index (Phi) is 3.43. The third-order valence-electron chi connectivity index (χ3n) is 3.37. The number of halogens is 1. The molecule has 2 atom stereocenters. The second-order valence-corrected chi connectivity index (χ2v) is 4.53. The molecule has 1 aliphatic rings. The number of hydrogen-bond donors (Lipinski definition) is 2. The van der Waals surface area contributed by atoms with Gasteiger partial charge in [-0.2, -0.15) is 0 Å². The van der Waals surface area contributed by atoms with Gasteiger partial charge in [0.15, 0.2) is 0 Å². The molecule has 0 aliphatic heterocycles. The molecule has 3 nitrogen and oxygen atoms in total. The molecule has 17 heavy (non-hydrogen) atoms. The van der Waals surface area contributed by atoms with Gasteiger partial charge in [-0.05, 0) is 36.0 Å². The lowest BCUT2D eigenvalue weighted by molar-refractivity contribution is -0.125. The SMILES string of the molecule is CC1CCc2c(F)cccc2C1NC(=O)CO. The number of carbonyl (C=O) groups is 1. The van der Waals surface area contributed by atoms with Gasteiger partial charge in [0.25, 0.3) is 0 Å². The highest BCUT2D eigenvalue weighted by molar-refractivity contribution is 5.77. The Morgan fingerprint density at radius 2 is 2.35 bits per heavy atom. The molecule has 2 rings (SSSR count). The minimum atomic E-state index is -0.534. The van der Waals surface area contributed by atoms with Gasteiger partial charge in [0.1, 0.15) is 12.4 Å². The Hall–Kier alpha value is -1.42. The first-order valence-electron chi connectivity index (χ1n) is 5.81. The van der Waals surface area contributed by atoms with Crippen LogP contribution in [0.2, 0.25) is 0 Å². The predicted octanol–water partition coefficient (Wildman–Crippen LogP) is 1.56. The van der Waals surface area contributed by atoms with Crippen molar-refractivity contribution < 1.29 is 14.3 Å². The molecular weight excluding hydrogens is 221 g/mol. The van der Waals surface area contributed by atoms with E-state index in [0.717, 1.165) is 12.0 Å². The first-order chi connectivity index (χ1) is 8.13. The van der Waals surface area contributed by atoms with Crippen molar-refractivity contribution in [1.82, 2.24) is 5.32 Å². The van der Waals surface area contributed by atoms with Crippen LogP contribution in [0.15, 0.2) is 18.2 Å².